The van der Waals surface area contributed by atoms with E-state index in [1.165, 1.54) is 24.3 Å². The summed E-state index contributed by atoms with van der Waals surface area (Å²) in [5.74, 6) is -1.01. The van der Waals surface area contributed by atoms with Crippen LogP contribution in [0.1, 0.15) is 24.2 Å². The van der Waals surface area contributed by atoms with Gasteiger partial charge in [-0.2, -0.15) is 5.26 Å². The Labute approximate surface area is 121 Å². The van der Waals surface area contributed by atoms with E-state index in [0.29, 0.717) is 5.56 Å². The summed E-state index contributed by atoms with van der Waals surface area (Å²) in [6.45, 7) is 1.72. The van der Waals surface area contributed by atoms with Crippen molar-refractivity contribution < 1.29 is 13.5 Å². The molecule has 0 fully saturated rings. The summed E-state index contributed by atoms with van der Waals surface area (Å²) in [6.07, 6.45) is -0.618. The fourth-order valence-electron chi connectivity index (χ4n) is 1.93. The lowest BCUT2D eigenvalue weighted by Crippen LogP contribution is -2.29. The van der Waals surface area contributed by atoms with Gasteiger partial charge in [0.2, 0.25) is 0 Å². The molecule has 0 saturated heterocycles. The molecule has 2 aromatic rings. The van der Waals surface area contributed by atoms with Crippen LogP contribution >= 0.6 is 0 Å². The molecule has 2 atom stereocenters. The van der Waals surface area contributed by atoms with Gasteiger partial charge in [-0.05, 0) is 42.8 Å². The molecule has 21 heavy (non-hydrogen) atoms. The first-order chi connectivity index (χ1) is 10.0. The van der Waals surface area contributed by atoms with Gasteiger partial charge >= 0.3 is 0 Å². The molecule has 0 radical (unpaired) electrons. The van der Waals surface area contributed by atoms with Gasteiger partial charge in [-0.3, -0.25) is 0 Å². The lowest BCUT2D eigenvalue weighted by atomic mass is 10.0. The molecule has 2 rings (SSSR count). The first-order valence-corrected chi connectivity index (χ1v) is 6.38. The number of hydrogen-bond donors (Lipinski definition) is 1. The molecule has 0 heterocycles. The van der Waals surface area contributed by atoms with Crippen molar-refractivity contribution in [2.24, 2.45) is 5.73 Å². The molecule has 0 bridgehead atoms. The summed E-state index contributed by atoms with van der Waals surface area (Å²) in [5.41, 5.74) is 6.72. The Morgan fingerprint density at radius 2 is 1.81 bits per heavy atom. The minimum atomic E-state index is -0.637. The molecule has 108 valence electrons. The van der Waals surface area contributed by atoms with Crippen LogP contribution in [-0.4, -0.2) is 6.04 Å². The number of ether oxygens (including phenoxy) is 1. The van der Waals surface area contributed by atoms with Crippen LogP contribution in [0.15, 0.2) is 42.5 Å². The Morgan fingerprint density at radius 1 is 1.14 bits per heavy atom. The number of nitriles is 1. The van der Waals surface area contributed by atoms with E-state index >= 15 is 0 Å². The summed E-state index contributed by atoms with van der Waals surface area (Å²) in [5, 5.41) is 8.71. The van der Waals surface area contributed by atoms with Gasteiger partial charge in [-0.25, -0.2) is 8.78 Å². The van der Waals surface area contributed by atoms with Gasteiger partial charge in [-0.1, -0.05) is 12.1 Å². The van der Waals surface area contributed by atoms with Crippen LogP contribution in [0.5, 0.6) is 5.75 Å². The SMILES string of the molecule is CC(N)C(Oc1ccc(C#N)cc1F)c1ccc(F)cc1. The third-order valence-electron chi connectivity index (χ3n) is 2.99. The van der Waals surface area contributed by atoms with Crippen molar-refractivity contribution in [3.05, 3.63) is 65.2 Å². The van der Waals surface area contributed by atoms with Gasteiger partial charge in [0.1, 0.15) is 11.9 Å². The molecular weight excluding hydrogens is 274 g/mol. The Morgan fingerprint density at radius 3 is 2.33 bits per heavy atom. The van der Waals surface area contributed by atoms with Crippen molar-refractivity contribution >= 4 is 0 Å². The van der Waals surface area contributed by atoms with Crippen LogP contribution in [0.3, 0.4) is 0 Å². The molecule has 0 spiro atoms. The summed E-state index contributed by atoms with van der Waals surface area (Å²) in [7, 11) is 0. The van der Waals surface area contributed by atoms with Crippen LogP contribution in [0.2, 0.25) is 0 Å². The third kappa shape index (κ3) is 3.56. The number of hydrogen-bond acceptors (Lipinski definition) is 3. The fraction of sp³-hybridized carbons (Fsp3) is 0.188. The highest BCUT2D eigenvalue weighted by molar-refractivity contribution is 5.36. The lowest BCUT2D eigenvalue weighted by Gasteiger charge is -2.23. The number of nitrogens with zero attached hydrogens (tertiary/aromatic N) is 1. The van der Waals surface area contributed by atoms with E-state index in [9.17, 15) is 8.78 Å². The molecule has 2 unspecified atom stereocenters. The van der Waals surface area contributed by atoms with Gasteiger partial charge in [-0.15, -0.1) is 0 Å². The highest BCUT2D eigenvalue weighted by atomic mass is 19.1. The minimum Gasteiger partial charge on any atom is -0.481 e. The first-order valence-electron chi connectivity index (χ1n) is 6.38. The Hall–Kier alpha value is -2.45. The number of halogens is 2. The van der Waals surface area contributed by atoms with Crippen molar-refractivity contribution in [3.63, 3.8) is 0 Å². The average molecular weight is 288 g/mol. The highest BCUT2D eigenvalue weighted by Crippen LogP contribution is 2.27. The molecule has 2 aromatic carbocycles. The maximum Gasteiger partial charge on any atom is 0.166 e. The predicted molar refractivity (Wildman–Crippen MR) is 74.5 cm³/mol. The molecule has 0 aliphatic heterocycles. The van der Waals surface area contributed by atoms with Crippen molar-refractivity contribution in [1.29, 1.82) is 5.26 Å². The van der Waals surface area contributed by atoms with E-state index in [4.69, 9.17) is 15.7 Å². The highest BCUT2D eigenvalue weighted by Gasteiger charge is 2.20. The normalized spacial score (nSPS) is 13.3. The van der Waals surface area contributed by atoms with Crippen LogP contribution in [-0.2, 0) is 0 Å². The van der Waals surface area contributed by atoms with Crippen LogP contribution in [0, 0.1) is 23.0 Å². The predicted octanol–water partition coefficient (Wildman–Crippen LogP) is 3.30. The molecule has 0 amide bonds. The van der Waals surface area contributed by atoms with E-state index in [1.807, 2.05) is 6.07 Å². The van der Waals surface area contributed by atoms with Gasteiger partial charge in [0, 0.05) is 6.04 Å². The molecule has 3 nitrogen and oxygen atoms in total. The van der Waals surface area contributed by atoms with Crippen molar-refractivity contribution in [3.8, 4) is 11.8 Å². The fourth-order valence-corrected chi connectivity index (χ4v) is 1.93. The molecule has 0 aliphatic carbocycles. The van der Waals surface area contributed by atoms with Crippen molar-refractivity contribution in [1.82, 2.24) is 0 Å². The van der Waals surface area contributed by atoms with E-state index < -0.39 is 18.0 Å². The quantitative estimate of drug-likeness (QED) is 0.939. The van der Waals surface area contributed by atoms with Crippen LogP contribution in [0.25, 0.3) is 0 Å². The number of benzene rings is 2. The number of nitrogens with two attached hydrogens (primary N) is 1. The zero-order chi connectivity index (χ0) is 15.4. The van der Waals surface area contributed by atoms with Gasteiger partial charge < -0.3 is 10.5 Å². The van der Waals surface area contributed by atoms with Gasteiger partial charge in [0.05, 0.1) is 11.6 Å². The summed E-state index contributed by atoms with van der Waals surface area (Å²) < 4.78 is 32.4. The topological polar surface area (TPSA) is 59.0 Å². The summed E-state index contributed by atoms with van der Waals surface area (Å²) in [6, 6.07) is 11.0. The zero-order valence-electron chi connectivity index (χ0n) is 11.4. The monoisotopic (exact) mass is 288 g/mol. The van der Waals surface area contributed by atoms with Crippen molar-refractivity contribution in [2.45, 2.75) is 19.1 Å². The zero-order valence-corrected chi connectivity index (χ0v) is 11.4. The average Bonchev–Trinajstić information content (AvgIpc) is 2.46. The minimum absolute atomic E-state index is 0.000579. The Bertz CT molecular complexity index is 663. The largest absolute Gasteiger partial charge is 0.481 e. The van der Waals surface area contributed by atoms with E-state index in [1.54, 1.807) is 19.1 Å². The molecule has 0 aliphatic rings. The molecule has 0 saturated carbocycles. The van der Waals surface area contributed by atoms with E-state index in [2.05, 4.69) is 0 Å². The smallest absolute Gasteiger partial charge is 0.166 e. The Balaban J connectivity index is 2.29. The standard InChI is InChI=1S/C16H14F2N2O/c1-10(20)16(12-3-5-13(17)6-4-12)21-15-7-2-11(9-19)8-14(15)18/h2-8,10,16H,20H2,1H3. The van der Waals surface area contributed by atoms with Gasteiger partial charge in [0.15, 0.2) is 11.6 Å². The molecular formula is C16H14F2N2O. The summed E-state index contributed by atoms with van der Waals surface area (Å²) >= 11 is 0. The second-order valence-electron chi connectivity index (χ2n) is 4.71. The number of rotatable bonds is 4. The maximum atomic E-state index is 13.9. The lowest BCUT2D eigenvalue weighted by molar-refractivity contribution is 0.172. The molecule has 2 N–H and O–H groups in total. The third-order valence-corrected chi connectivity index (χ3v) is 2.99. The van der Waals surface area contributed by atoms with Crippen LogP contribution in [0.4, 0.5) is 8.78 Å². The second kappa shape index (κ2) is 6.33. The summed E-state index contributed by atoms with van der Waals surface area (Å²) in [4.78, 5) is 0. The Kier molecular flexibility index (Phi) is 4.51. The van der Waals surface area contributed by atoms with Crippen LogP contribution < -0.4 is 10.5 Å². The van der Waals surface area contributed by atoms with Crippen molar-refractivity contribution in [2.75, 3.05) is 0 Å². The van der Waals surface area contributed by atoms with Gasteiger partial charge in [0.25, 0.3) is 0 Å². The molecule has 0 aromatic heterocycles. The first kappa shape index (κ1) is 14.9. The van der Waals surface area contributed by atoms with E-state index in [0.717, 1.165) is 6.07 Å². The molecule has 5 heteroatoms. The van der Waals surface area contributed by atoms with E-state index in [-0.39, 0.29) is 17.1 Å². The maximum absolute atomic E-state index is 13.9. The second-order valence-corrected chi connectivity index (χ2v) is 4.71.